The van der Waals surface area contributed by atoms with E-state index in [9.17, 15) is 4.79 Å². The maximum Gasteiger partial charge on any atom is 0.193 e. The van der Waals surface area contributed by atoms with Crippen LogP contribution in [0.2, 0.25) is 0 Å². The molecule has 0 unspecified atom stereocenters. The second-order valence-electron chi connectivity index (χ2n) is 6.08. The van der Waals surface area contributed by atoms with E-state index in [0.29, 0.717) is 34.7 Å². The van der Waals surface area contributed by atoms with Crippen LogP contribution in [0.5, 0.6) is 11.5 Å². The Morgan fingerprint density at radius 3 is 2.63 bits per heavy atom. The number of rotatable bonds is 5. The van der Waals surface area contributed by atoms with Gasteiger partial charge >= 0.3 is 0 Å². The molecule has 0 saturated carbocycles. The highest BCUT2D eigenvalue weighted by molar-refractivity contribution is 5.89. The summed E-state index contributed by atoms with van der Waals surface area (Å²) in [7, 11) is 1.56. The van der Waals surface area contributed by atoms with Crippen LogP contribution in [0.4, 0.5) is 0 Å². The fourth-order valence-electron chi connectivity index (χ4n) is 3.01. The van der Waals surface area contributed by atoms with E-state index in [1.807, 2.05) is 48.5 Å². The minimum Gasteiger partial charge on any atom is -0.493 e. The average Bonchev–Trinajstić information content (AvgIpc) is 2.73. The summed E-state index contributed by atoms with van der Waals surface area (Å²) in [4.78, 5) is 20.3. The molecular formula is C22H18N2O3. The van der Waals surface area contributed by atoms with Crippen LogP contribution in [0, 0.1) is 0 Å². The minimum atomic E-state index is -0.135. The number of aromatic nitrogens is 2. The fraction of sp³-hybridized carbons (Fsp3) is 0.0909. The van der Waals surface area contributed by atoms with Crippen LogP contribution in [0.1, 0.15) is 5.56 Å². The average molecular weight is 358 g/mol. The molecule has 5 heteroatoms. The van der Waals surface area contributed by atoms with Gasteiger partial charge in [0.15, 0.2) is 16.9 Å². The number of ether oxygens (including phenoxy) is 2. The summed E-state index contributed by atoms with van der Waals surface area (Å²) in [5, 5.41) is 0.470. The second kappa shape index (κ2) is 7.33. The molecule has 0 saturated heterocycles. The normalized spacial score (nSPS) is 10.7. The lowest BCUT2D eigenvalue weighted by molar-refractivity contribution is 0.288. The van der Waals surface area contributed by atoms with Gasteiger partial charge in [-0.2, -0.15) is 0 Å². The van der Waals surface area contributed by atoms with Crippen LogP contribution in [0.3, 0.4) is 0 Å². The summed E-state index contributed by atoms with van der Waals surface area (Å²) in [6.45, 7) is 0.347. The first kappa shape index (κ1) is 16.8. The third-order valence-corrected chi connectivity index (χ3v) is 4.33. The van der Waals surface area contributed by atoms with Gasteiger partial charge in [-0.25, -0.2) is 0 Å². The Labute approximate surface area is 156 Å². The molecule has 5 nitrogen and oxygen atoms in total. The van der Waals surface area contributed by atoms with Gasteiger partial charge in [0.05, 0.1) is 23.7 Å². The third kappa shape index (κ3) is 3.40. The Morgan fingerprint density at radius 1 is 1.04 bits per heavy atom. The van der Waals surface area contributed by atoms with Gasteiger partial charge in [-0.05, 0) is 29.8 Å². The third-order valence-electron chi connectivity index (χ3n) is 4.33. The molecule has 4 aromatic rings. The van der Waals surface area contributed by atoms with Gasteiger partial charge in [0.2, 0.25) is 0 Å². The number of H-pyrrole nitrogens is 1. The van der Waals surface area contributed by atoms with Crippen molar-refractivity contribution in [2.75, 3.05) is 7.11 Å². The highest BCUT2D eigenvalue weighted by Gasteiger charge is 2.15. The predicted molar refractivity (Wildman–Crippen MR) is 105 cm³/mol. The number of hydrogen-bond acceptors (Lipinski definition) is 4. The SMILES string of the molecule is COc1ccc2[nH]c(-c3cccnc3)cc(=O)c2c1OCc1ccccc1. The highest BCUT2D eigenvalue weighted by atomic mass is 16.5. The highest BCUT2D eigenvalue weighted by Crippen LogP contribution is 2.34. The number of aromatic amines is 1. The summed E-state index contributed by atoms with van der Waals surface area (Å²) in [5.41, 5.74) is 3.12. The van der Waals surface area contributed by atoms with Crippen LogP contribution in [-0.4, -0.2) is 17.1 Å². The Morgan fingerprint density at radius 2 is 1.89 bits per heavy atom. The van der Waals surface area contributed by atoms with Crippen molar-refractivity contribution >= 4 is 10.9 Å². The van der Waals surface area contributed by atoms with Gasteiger partial charge in [-0.3, -0.25) is 9.78 Å². The summed E-state index contributed by atoms with van der Waals surface area (Å²) in [6.07, 6.45) is 3.41. The predicted octanol–water partition coefficient (Wildman–Crippen LogP) is 4.18. The maximum atomic E-state index is 12.9. The van der Waals surface area contributed by atoms with E-state index in [1.54, 1.807) is 31.6 Å². The number of benzene rings is 2. The molecule has 27 heavy (non-hydrogen) atoms. The molecule has 0 aliphatic rings. The standard InChI is InChI=1S/C22H18N2O3/c1-26-20-10-9-17-21(22(20)27-14-15-6-3-2-4-7-15)19(25)12-18(24-17)16-8-5-11-23-13-16/h2-13H,14H2,1H3,(H,24,25). The molecule has 2 heterocycles. The van der Waals surface area contributed by atoms with Crippen molar-refractivity contribution < 1.29 is 9.47 Å². The Kier molecular flexibility index (Phi) is 4.58. The molecule has 0 spiro atoms. The fourth-order valence-corrected chi connectivity index (χ4v) is 3.01. The molecule has 0 aliphatic heterocycles. The maximum absolute atomic E-state index is 12.9. The lowest BCUT2D eigenvalue weighted by Crippen LogP contribution is -2.07. The largest absolute Gasteiger partial charge is 0.493 e. The summed E-state index contributed by atoms with van der Waals surface area (Å²) >= 11 is 0. The van der Waals surface area contributed by atoms with E-state index >= 15 is 0 Å². The van der Waals surface area contributed by atoms with E-state index < -0.39 is 0 Å². The topological polar surface area (TPSA) is 64.2 Å². The zero-order chi connectivity index (χ0) is 18.6. The van der Waals surface area contributed by atoms with Crippen LogP contribution in [-0.2, 0) is 6.61 Å². The Balaban J connectivity index is 1.81. The molecule has 0 fully saturated rings. The second-order valence-corrected chi connectivity index (χ2v) is 6.08. The van der Waals surface area contributed by atoms with E-state index in [1.165, 1.54) is 0 Å². The molecule has 2 aromatic carbocycles. The molecular weight excluding hydrogens is 340 g/mol. The monoisotopic (exact) mass is 358 g/mol. The molecule has 0 radical (unpaired) electrons. The molecule has 4 rings (SSSR count). The summed E-state index contributed by atoms with van der Waals surface area (Å²) < 4.78 is 11.4. The van der Waals surface area contributed by atoms with Crippen LogP contribution in [0.25, 0.3) is 22.2 Å². The number of fused-ring (bicyclic) bond motifs is 1. The van der Waals surface area contributed by atoms with E-state index in [-0.39, 0.29) is 5.43 Å². The first-order valence-electron chi connectivity index (χ1n) is 8.57. The lowest BCUT2D eigenvalue weighted by atomic mass is 10.1. The summed E-state index contributed by atoms with van der Waals surface area (Å²) in [6, 6.07) is 18.7. The van der Waals surface area contributed by atoms with Gasteiger partial charge in [-0.1, -0.05) is 30.3 Å². The van der Waals surface area contributed by atoms with Crippen molar-refractivity contribution in [3.8, 4) is 22.8 Å². The number of methoxy groups -OCH3 is 1. The van der Waals surface area contributed by atoms with Crippen molar-refractivity contribution in [2.24, 2.45) is 0 Å². The molecule has 1 N–H and O–H groups in total. The number of nitrogens with zero attached hydrogens (tertiary/aromatic N) is 1. The Hall–Kier alpha value is -3.60. The molecule has 0 aliphatic carbocycles. The number of pyridine rings is 2. The lowest BCUT2D eigenvalue weighted by Gasteiger charge is -2.14. The van der Waals surface area contributed by atoms with Crippen LogP contribution in [0.15, 0.2) is 77.9 Å². The zero-order valence-corrected chi connectivity index (χ0v) is 14.8. The quantitative estimate of drug-likeness (QED) is 0.581. The van der Waals surface area contributed by atoms with Gasteiger partial charge in [-0.15, -0.1) is 0 Å². The molecule has 2 aromatic heterocycles. The van der Waals surface area contributed by atoms with Crippen molar-refractivity contribution in [1.29, 1.82) is 0 Å². The number of nitrogens with one attached hydrogen (secondary N) is 1. The first-order chi connectivity index (χ1) is 13.3. The van der Waals surface area contributed by atoms with E-state index in [2.05, 4.69) is 9.97 Å². The van der Waals surface area contributed by atoms with Gasteiger partial charge in [0.1, 0.15) is 6.61 Å². The van der Waals surface area contributed by atoms with Gasteiger partial charge in [0, 0.05) is 24.0 Å². The van der Waals surface area contributed by atoms with Crippen molar-refractivity contribution in [3.63, 3.8) is 0 Å². The summed E-state index contributed by atoms with van der Waals surface area (Å²) in [5.74, 6) is 0.968. The van der Waals surface area contributed by atoms with E-state index in [0.717, 1.165) is 11.1 Å². The molecule has 0 bridgehead atoms. The Bertz CT molecular complexity index is 1120. The van der Waals surface area contributed by atoms with Crippen molar-refractivity contribution in [2.45, 2.75) is 6.61 Å². The zero-order valence-electron chi connectivity index (χ0n) is 14.8. The van der Waals surface area contributed by atoms with Gasteiger partial charge in [0.25, 0.3) is 0 Å². The smallest absolute Gasteiger partial charge is 0.193 e. The van der Waals surface area contributed by atoms with Crippen molar-refractivity contribution in [1.82, 2.24) is 9.97 Å². The first-order valence-corrected chi connectivity index (χ1v) is 8.57. The van der Waals surface area contributed by atoms with Crippen molar-refractivity contribution in [3.05, 3.63) is 88.8 Å². The van der Waals surface area contributed by atoms with Gasteiger partial charge < -0.3 is 14.5 Å². The molecule has 0 amide bonds. The number of hydrogen-bond donors (Lipinski definition) is 1. The van der Waals surface area contributed by atoms with Crippen LogP contribution >= 0.6 is 0 Å². The van der Waals surface area contributed by atoms with Crippen LogP contribution < -0.4 is 14.9 Å². The van der Waals surface area contributed by atoms with E-state index in [4.69, 9.17) is 9.47 Å². The molecule has 0 atom stereocenters. The minimum absolute atomic E-state index is 0.135. The molecule has 134 valence electrons.